The molecule has 15 heteroatoms. The van der Waals surface area contributed by atoms with Crippen LogP contribution in [-0.2, 0) is 40.0 Å². The Bertz CT molecular complexity index is 2150. The third-order valence-electron chi connectivity index (χ3n) is 8.14. The van der Waals surface area contributed by atoms with Crippen molar-refractivity contribution in [2.24, 2.45) is 0 Å². The lowest BCUT2D eigenvalue weighted by Crippen LogP contribution is -2.38. The number of H-pyrrole nitrogens is 1. The number of aryl methyl sites for hydroxylation is 2. The lowest BCUT2D eigenvalue weighted by molar-refractivity contribution is -0.687. The maximum atomic E-state index is 13.7. The molecule has 50 heavy (non-hydrogen) atoms. The Morgan fingerprint density at radius 1 is 1.14 bits per heavy atom. The Balaban J connectivity index is 0.00000156. The van der Waals surface area contributed by atoms with E-state index < -0.39 is 35.9 Å². The Labute approximate surface area is 283 Å². The summed E-state index contributed by atoms with van der Waals surface area (Å²) in [5.74, 6) is -0.780. The van der Waals surface area contributed by atoms with Gasteiger partial charge in [-0.1, -0.05) is 42.5 Å². The van der Waals surface area contributed by atoms with E-state index in [-0.39, 0.29) is 22.9 Å². The van der Waals surface area contributed by atoms with Crippen LogP contribution in [-0.4, -0.2) is 38.9 Å². The van der Waals surface area contributed by atoms with Gasteiger partial charge in [-0.2, -0.15) is 18.4 Å². The minimum Gasteiger partial charge on any atom is -0.554 e. The highest BCUT2D eigenvalue weighted by atomic mass is 19.4. The molecule has 0 fully saturated rings. The fourth-order valence-electron chi connectivity index (χ4n) is 5.95. The summed E-state index contributed by atoms with van der Waals surface area (Å²) in [6.07, 6.45) is 1.67. The zero-order chi connectivity index (χ0) is 36.0. The molecule has 2 aromatic heterocycles. The van der Waals surface area contributed by atoms with Gasteiger partial charge >= 0.3 is 17.8 Å². The Morgan fingerprint density at radius 2 is 1.88 bits per heavy atom. The van der Waals surface area contributed by atoms with Crippen LogP contribution in [0.2, 0.25) is 0 Å². The van der Waals surface area contributed by atoms with Gasteiger partial charge in [-0.25, -0.2) is 28.4 Å². The van der Waals surface area contributed by atoms with Gasteiger partial charge in [0.05, 0.1) is 36.4 Å². The van der Waals surface area contributed by atoms with Crippen LogP contribution in [0.3, 0.4) is 0 Å². The van der Waals surface area contributed by atoms with Crippen LogP contribution in [0.15, 0.2) is 108 Å². The molecule has 256 valence electrons. The van der Waals surface area contributed by atoms with Crippen molar-refractivity contribution in [3.8, 4) is 6.07 Å². The molecule has 3 heterocycles. The van der Waals surface area contributed by atoms with E-state index in [0.717, 1.165) is 17.7 Å². The summed E-state index contributed by atoms with van der Waals surface area (Å²) >= 11 is 0. The van der Waals surface area contributed by atoms with Gasteiger partial charge in [0.2, 0.25) is 12.3 Å². The van der Waals surface area contributed by atoms with Gasteiger partial charge in [-0.3, -0.25) is 4.90 Å². The lowest BCUT2D eigenvalue weighted by Gasteiger charge is -2.36. The number of hydrogen-bond acceptors (Lipinski definition) is 8. The van der Waals surface area contributed by atoms with Gasteiger partial charge in [-0.05, 0) is 53.9 Å². The van der Waals surface area contributed by atoms with Crippen molar-refractivity contribution in [3.63, 3.8) is 0 Å². The smallest absolute Gasteiger partial charge is 0.416 e. The summed E-state index contributed by atoms with van der Waals surface area (Å²) in [6, 6.07) is 20.6. The number of anilines is 2. The highest BCUT2D eigenvalue weighted by molar-refractivity contribution is 5.93. The standard InChI is InChI=1S/C34H28F3N7O3.CH2O2/c1-22-29(31(45)47-2)30(44-32(39-40-33(44)46)43(22)27-10-6-9-26(18-27)34(35,36)37)28-12-11-24(19-38)17-25(28)13-14-41-15-16-42(21-41)20-23-7-4-3-5-8-23;2-1-3/h3-12,15-18,21,30H,13-14,20H2,1-2H3;1H,(H,2,3)/t30-;/m1./s1. The third kappa shape index (κ3) is 7.19. The number of allylic oxidation sites excluding steroid dienone is 1. The fraction of sp³-hybridized carbons (Fsp3) is 0.200. The summed E-state index contributed by atoms with van der Waals surface area (Å²) < 4.78 is 51.4. The number of nitrogens with zero attached hydrogens (tertiary/aromatic N) is 6. The zero-order valence-electron chi connectivity index (χ0n) is 26.8. The molecular weight excluding hydrogens is 655 g/mol. The molecule has 5 aromatic rings. The van der Waals surface area contributed by atoms with Crippen LogP contribution in [0, 0.1) is 11.3 Å². The highest BCUT2D eigenvalue weighted by Crippen LogP contribution is 2.43. The number of carbonyl (C=O) groups is 2. The molecule has 0 saturated heterocycles. The SMILES string of the molecule is COC(=O)C1=C(C)N(c2cccc(C(F)(F)F)c2)c2n[nH]c(=O)n2[C@@H]1c1ccc(C#N)cc1CCn1cc[n+](Cc2ccccc2)c1.O=C[O-]. The zero-order valence-corrected chi connectivity index (χ0v) is 26.8. The minimum absolute atomic E-state index is 0.00727. The number of rotatable bonds is 8. The number of hydrogen-bond donors (Lipinski definition) is 1. The van der Waals surface area contributed by atoms with Gasteiger partial charge < -0.3 is 14.6 Å². The van der Waals surface area contributed by atoms with E-state index >= 15 is 0 Å². The summed E-state index contributed by atoms with van der Waals surface area (Å²) in [4.78, 5) is 36.4. The van der Waals surface area contributed by atoms with E-state index in [0.29, 0.717) is 36.2 Å². The number of halogens is 3. The molecule has 0 saturated carbocycles. The first-order chi connectivity index (χ1) is 24.0. The molecule has 6 rings (SSSR count). The molecule has 0 unspecified atom stereocenters. The predicted octanol–water partition coefficient (Wildman–Crippen LogP) is 3.40. The summed E-state index contributed by atoms with van der Waals surface area (Å²) in [5.41, 5.74) is 1.50. The molecule has 12 nitrogen and oxygen atoms in total. The molecule has 0 aliphatic carbocycles. The number of aromatic nitrogens is 5. The summed E-state index contributed by atoms with van der Waals surface area (Å²) in [6.45, 7) is 2.26. The largest absolute Gasteiger partial charge is 0.554 e. The normalized spacial score (nSPS) is 13.9. The van der Waals surface area contributed by atoms with Gasteiger partial charge in [0.25, 0.3) is 0 Å². The molecule has 1 atom stereocenters. The number of nitriles is 1. The number of imidazole rings is 1. The van der Waals surface area contributed by atoms with E-state index in [1.165, 1.54) is 28.7 Å². The number of benzene rings is 3. The minimum atomic E-state index is -4.62. The third-order valence-corrected chi connectivity index (χ3v) is 8.14. The molecule has 1 N–H and O–H groups in total. The second-order valence-electron chi connectivity index (χ2n) is 11.2. The first-order valence-corrected chi connectivity index (χ1v) is 15.1. The number of nitrogens with one attached hydrogen (secondary N) is 1. The molecular formula is C35H30F3N7O5. The van der Waals surface area contributed by atoms with E-state index in [1.54, 1.807) is 25.1 Å². The van der Waals surface area contributed by atoms with Gasteiger partial charge in [0.15, 0.2) is 0 Å². The molecule has 0 spiro atoms. The molecule has 0 amide bonds. The highest BCUT2D eigenvalue weighted by Gasteiger charge is 2.41. The van der Waals surface area contributed by atoms with Crippen molar-refractivity contribution in [2.75, 3.05) is 12.0 Å². The molecule has 1 aliphatic rings. The Kier molecular flexibility index (Phi) is 10.3. The average molecular weight is 686 g/mol. The second-order valence-corrected chi connectivity index (χ2v) is 11.2. The number of carboxylic acid groups (broad SMARTS) is 1. The van der Waals surface area contributed by atoms with E-state index in [9.17, 15) is 28.0 Å². The Morgan fingerprint density at radius 3 is 2.56 bits per heavy atom. The number of ether oxygens (including phenoxy) is 1. The first-order valence-electron chi connectivity index (χ1n) is 15.1. The first kappa shape index (κ1) is 34.9. The summed E-state index contributed by atoms with van der Waals surface area (Å²) in [7, 11) is 1.19. The summed E-state index contributed by atoms with van der Waals surface area (Å²) in [5, 5.41) is 24.5. The van der Waals surface area contributed by atoms with Gasteiger partial charge in [0.1, 0.15) is 25.0 Å². The van der Waals surface area contributed by atoms with Crippen LogP contribution in [0.1, 0.15) is 40.8 Å². The number of aromatic amines is 1. The van der Waals surface area contributed by atoms with Crippen molar-refractivity contribution < 1.29 is 37.2 Å². The predicted molar refractivity (Wildman–Crippen MR) is 170 cm³/mol. The molecule has 0 bridgehead atoms. The van der Waals surface area contributed by atoms with Crippen molar-refractivity contribution in [1.29, 1.82) is 5.26 Å². The van der Waals surface area contributed by atoms with Crippen molar-refractivity contribution >= 4 is 24.1 Å². The lowest BCUT2D eigenvalue weighted by atomic mass is 9.89. The van der Waals surface area contributed by atoms with Crippen molar-refractivity contribution in [2.45, 2.75) is 38.7 Å². The number of methoxy groups -OCH3 is 1. The van der Waals surface area contributed by atoms with E-state index in [2.05, 4.69) is 16.3 Å². The Hall–Kier alpha value is -6.43. The topological polar surface area (TPSA) is 153 Å². The quantitative estimate of drug-likeness (QED) is 0.148. The number of carbonyl (C=O) groups excluding carboxylic acids is 2. The van der Waals surface area contributed by atoms with Gasteiger partial charge in [0, 0.05) is 24.3 Å². The van der Waals surface area contributed by atoms with Crippen LogP contribution in [0.4, 0.5) is 24.8 Å². The van der Waals surface area contributed by atoms with Crippen LogP contribution < -0.4 is 20.3 Å². The monoisotopic (exact) mass is 685 g/mol. The fourth-order valence-corrected chi connectivity index (χ4v) is 5.95. The molecule has 0 radical (unpaired) electrons. The second kappa shape index (κ2) is 14.8. The average Bonchev–Trinajstić information content (AvgIpc) is 3.72. The molecule has 3 aromatic carbocycles. The maximum Gasteiger partial charge on any atom is 0.416 e. The van der Waals surface area contributed by atoms with Crippen molar-refractivity contribution in [1.82, 2.24) is 19.3 Å². The number of esters is 1. The van der Waals surface area contributed by atoms with E-state index in [1.807, 2.05) is 58.2 Å². The number of alkyl halides is 3. The van der Waals surface area contributed by atoms with Crippen molar-refractivity contribution in [3.05, 3.63) is 141 Å². The number of fused-ring (bicyclic) bond motifs is 1. The van der Waals surface area contributed by atoms with Crippen LogP contribution in [0.5, 0.6) is 0 Å². The van der Waals surface area contributed by atoms with Gasteiger partial charge in [-0.15, -0.1) is 5.10 Å². The maximum absolute atomic E-state index is 13.7. The van der Waals surface area contributed by atoms with E-state index in [4.69, 9.17) is 14.6 Å². The molecule has 1 aliphatic heterocycles. The van der Waals surface area contributed by atoms with Crippen LogP contribution in [0.25, 0.3) is 0 Å². The van der Waals surface area contributed by atoms with Crippen LogP contribution >= 0.6 is 0 Å².